The third-order valence-electron chi connectivity index (χ3n) is 2.97. The van der Waals surface area contributed by atoms with Gasteiger partial charge in [0, 0.05) is 5.75 Å². The number of nitrogens with zero attached hydrogens (tertiary/aromatic N) is 2. The Balaban J connectivity index is 1.92. The molecule has 0 bridgehead atoms. The van der Waals surface area contributed by atoms with E-state index in [0.29, 0.717) is 12.3 Å². The molecule has 2 aliphatic rings. The van der Waals surface area contributed by atoms with E-state index in [1.807, 2.05) is 0 Å². The number of sulfone groups is 1. The molecule has 0 N–H and O–H groups in total. The molecule has 1 heterocycles. The lowest BCUT2D eigenvalue weighted by molar-refractivity contribution is -0.128. The van der Waals surface area contributed by atoms with E-state index in [-0.39, 0.29) is 24.0 Å². The number of hydrazone groups is 1. The summed E-state index contributed by atoms with van der Waals surface area (Å²) in [4.78, 5) is 11.5. The van der Waals surface area contributed by atoms with Crippen molar-refractivity contribution in [1.82, 2.24) is 5.01 Å². The van der Waals surface area contributed by atoms with Gasteiger partial charge in [-0.1, -0.05) is 6.92 Å². The second-order valence-corrected chi connectivity index (χ2v) is 6.77. The van der Waals surface area contributed by atoms with Crippen LogP contribution < -0.4 is 0 Å². The molecule has 90 valence electrons. The standard InChI is InChI=1S/C10H16N2O3S/c1-2-16(14,15)6-5-12-10(13)7-9(11-12)8-3-4-8/h8H,2-7H2,1H3. The van der Waals surface area contributed by atoms with Crippen LogP contribution in [0.5, 0.6) is 0 Å². The molecule has 1 aliphatic heterocycles. The van der Waals surface area contributed by atoms with Crippen molar-refractivity contribution in [2.45, 2.75) is 26.2 Å². The van der Waals surface area contributed by atoms with E-state index in [0.717, 1.165) is 18.6 Å². The van der Waals surface area contributed by atoms with Crippen molar-refractivity contribution >= 4 is 21.5 Å². The number of rotatable bonds is 5. The fourth-order valence-electron chi connectivity index (χ4n) is 1.68. The molecule has 0 atom stereocenters. The van der Waals surface area contributed by atoms with Crippen molar-refractivity contribution in [1.29, 1.82) is 0 Å². The molecule has 0 radical (unpaired) electrons. The molecule has 5 nitrogen and oxygen atoms in total. The fourth-order valence-corrected chi connectivity index (χ4v) is 2.42. The lowest BCUT2D eigenvalue weighted by atomic mass is 10.2. The van der Waals surface area contributed by atoms with Crippen molar-refractivity contribution in [2.24, 2.45) is 11.0 Å². The molecule has 0 spiro atoms. The number of carbonyl (C=O) groups excluding carboxylic acids is 1. The number of hydrogen-bond acceptors (Lipinski definition) is 4. The largest absolute Gasteiger partial charge is 0.273 e. The summed E-state index contributed by atoms with van der Waals surface area (Å²) in [6.07, 6.45) is 2.62. The van der Waals surface area contributed by atoms with Gasteiger partial charge >= 0.3 is 0 Å². The minimum absolute atomic E-state index is 0.0106. The Morgan fingerprint density at radius 1 is 1.44 bits per heavy atom. The molecule has 1 aliphatic carbocycles. The smallest absolute Gasteiger partial charge is 0.248 e. The Hall–Kier alpha value is -0.910. The number of carbonyl (C=O) groups is 1. The van der Waals surface area contributed by atoms with Gasteiger partial charge in [0.25, 0.3) is 0 Å². The maximum absolute atomic E-state index is 11.5. The summed E-state index contributed by atoms with van der Waals surface area (Å²) in [5, 5.41) is 5.52. The Bertz CT molecular complexity index is 423. The maximum atomic E-state index is 11.5. The highest BCUT2D eigenvalue weighted by Gasteiger charge is 2.35. The molecule has 2 rings (SSSR count). The molecule has 0 saturated heterocycles. The van der Waals surface area contributed by atoms with E-state index in [4.69, 9.17) is 0 Å². The van der Waals surface area contributed by atoms with E-state index in [1.54, 1.807) is 6.92 Å². The Morgan fingerprint density at radius 2 is 2.12 bits per heavy atom. The van der Waals surface area contributed by atoms with Crippen LogP contribution in [-0.4, -0.2) is 43.1 Å². The van der Waals surface area contributed by atoms with Crippen LogP contribution in [0.2, 0.25) is 0 Å². The second-order valence-electron chi connectivity index (χ2n) is 4.30. The maximum Gasteiger partial charge on any atom is 0.248 e. The first-order valence-corrected chi connectivity index (χ1v) is 7.42. The Kier molecular flexibility index (Phi) is 3.01. The van der Waals surface area contributed by atoms with Crippen molar-refractivity contribution in [3.63, 3.8) is 0 Å². The molecule has 0 aromatic carbocycles. The first-order valence-electron chi connectivity index (χ1n) is 5.60. The fraction of sp³-hybridized carbons (Fsp3) is 0.800. The first-order chi connectivity index (χ1) is 7.52. The summed E-state index contributed by atoms with van der Waals surface area (Å²) in [5.41, 5.74) is 0.943. The van der Waals surface area contributed by atoms with Crippen molar-refractivity contribution in [3.8, 4) is 0 Å². The third-order valence-corrected chi connectivity index (χ3v) is 4.66. The molecule has 1 fully saturated rings. The van der Waals surface area contributed by atoms with Crippen LogP contribution in [-0.2, 0) is 14.6 Å². The summed E-state index contributed by atoms with van der Waals surface area (Å²) in [6.45, 7) is 1.81. The molecular weight excluding hydrogens is 228 g/mol. The van der Waals surface area contributed by atoms with Gasteiger partial charge in [0.15, 0.2) is 9.84 Å². The van der Waals surface area contributed by atoms with E-state index in [1.165, 1.54) is 5.01 Å². The zero-order chi connectivity index (χ0) is 11.8. The van der Waals surface area contributed by atoms with Gasteiger partial charge in [-0.2, -0.15) is 5.10 Å². The average Bonchev–Trinajstić information content (AvgIpc) is 3.01. The Morgan fingerprint density at radius 3 is 2.69 bits per heavy atom. The molecule has 0 unspecified atom stereocenters. The number of amides is 1. The normalized spacial score (nSPS) is 21.4. The lowest BCUT2D eigenvalue weighted by Crippen LogP contribution is -2.27. The predicted molar refractivity (Wildman–Crippen MR) is 60.8 cm³/mol. The monoisotopic (exact) mass is 244 g/mol. The number of hydrogen-bond donors (Lipinski definition) is 0. The summed E-state index contributed by atoms with van der Waals surface area (Å²) < 4.78 is 22.6. The van der Waals surface area contributed by atoms with E-state index < -0.39 is 9.84 Å². The molecular formula is C10H16N2O3S. The molecule has 1 amide bonds. The minimum atomic E-state index is -3.02. The third kappa shape index (κ3) is 2.61. The zero-order valence-electron chi connectivity index (χ0n) is 9.35. The van der Waals surface area contributed by atoms with Gasteiger partial charge in [-0.3, -0.25) is 4.79 Å². The van der Waals surface area contributed by atoms with Crippen molar-refractivity contribution in [3.05, 3.63) is 0 Å². The van der Waals surface area contributed by atoms with Crippen LogP contribution in [0.4, 0.5) is 0 Å². The first kappa shape index (κ1) is 11.6. The van der Waals surface area contributed by atoms with Gasteiger partial charge < -0.3 is 0 Å². The van der Waals surface area contributed by atoms with E-state index in [2.05, 4.69) is 5.10 Å². The van der Waals surface area contributed by atoms with E-state index in [9.17, 15) is 13.2 Å². The highest BCUT2D eigenvalue weighted by atomic mass is 32.2. The van der Waals surface area contributed by atoms with Gasteiger partial charge in [-0.15, -0.1) is 0 Å². The van der Waals surface area contributed by atoms with Gasteiger partial charge in [-0.05, 0) is 18.8 Å². The zero-order valence-corrected chi connectivity index (χ0v) is 10.2. The lowest BCUT2D eigenvalue weighted by Gasteiger charge is -2.10. The van der Waals surface area contributed by atoms with Crippen molar-refractivity contribution in [2.75, 3.05) is 18.1 Å². The molecule has 1 saturated carbocycles. The summed E-state index contributed by atoms with van der Waals surface area (Å²) in [6, 6.07) is 0. The topological polar surface area (TPSA) is 66.8 Å². The molecule has 16 heavy (non-hydrogen) atoms. The van der Waals surface area contributed by atoms with Crippen molar-refractivity contribution < 1.29 is 13.2 Å². The summed E-state index contributed by atoms with van der Waals surface area (Å²) in [5.74, 6) is 0.551. The van der Waals surface area contributed by atoms with Crippen LogP contribution in [0.25, 0.3) is 0 Å². The molecule has 6 heteroatoms. The van der Waals surface area contributed by atoms with Crippen LogP contribution in [0, 0.1) is 5.92 Å². The molecule has 0 aromatic heterocycles. The quantitative estimate of drug-likeness (QED) is 0.704. The minimum Gasteiger partial charge on any atom is -0.273 e. The Labute approximate surface area is 95.4 Å². The highest BCUT2D eigenvalue weighted by molar-refractivity contribution is 7.91. The molecule has 0 aromatic rings. The average molecular weight is 244 g/mol. The van der Waals surface area contributed by atoms with Crippen LogP contribution >= 0.6 is 0 Å². The van der Waals surface area contributed by atoms with Crippen LogP contribution in [0.1, 0.15) is 26.2 Å². The van der Waals surface area contributed by atoms with E-state index >= 15 is 0 Å². The summed E-state index contributed by atoms with van der Waals surface area (Å²) in [7, 11) is -3.02. The predicted octanol–water partition coefficient (Wildman–Crippen LogP) is 0.419. The van der Waals surface area contributed by atoms with Gasteiger partial charge in [0.2, 0.25) is 5.91 Å². The van der Waals surface area contributed by atoms with Gasteiger partial charge in [-0.25, -0.2) is 13.4 Å². The van der Waals surface area contributed by atoms with Gasteiger partial charge in [0.05, 0.1) is 24.4 Å². The second kappa shape index (κ2) is 4.16. The van der Waals surface area contributed by atoms with Crippen LogP contribution in [0.3, 0.4) is 0 Å². The summed E-state index contributed by atoms with van der Waals surface area (Å²) >= 11 is 0. The van der Waals surface area contributed by atoms with Crippen LogP contribution in [0.15, 0.2) is 5.10 Å². The van der Waals surface area contributed by atoms with Gasteiger partial charge in [0.1, 0.15) is 0 Å². The SMILES string of the molecule is CCS(=O)(=O)CCN1N=C(C2CC2)CC1=O. The highest BCUT2D eigenvalue weighted by Crippen LogP contribution is 2.34.